The first-order valence-corrected chi connectivity index (χ1v) is 5.74. The third-order valence-corrected chi connectivity index (χ3v) is 2.94. The van der Waals surface area contributed by atoms with Gasteiger partial charge in [0, 0.05) is 24.6 Å². The largest absolute Gasteiger partial charge is 0.388 e. The zero-order valence-corrected chi connectivity index (χ0v) is 10.1. The highest BCUT2D eigenvalue weighted by atomic mass is 16.5. The van der Waals surface area contributed by atoms with E-state index in [-0.39, 0.29) is 5.92 Å². The Hall–Kier alpha value is -1.45. The third-order valence-electron chi connectivity index (χ3n) is 2.94. The van der Waals surface area contributed by atoms with E-state index in [1.54, 1.807) is 13.3 Å². The summed E-state index contributed by atoms with van der Waals surface area (Å²) < 4.78 is 5.06. The lowest BCUT2D eigenvalue weighted by atomic mass is 9.97. The summed E-state index contributed by atoms with van der Waals surface area (Å²) in [5.74, 6) is 0.0705. The molecule has 2 unspecified atom stereocenters. The van der Waals surface area contributed by atoms with Crippen LogP contribution in [0.4, 0.5) is 0 Å². The number of fused-ring (bicyclic) bond motifs is 1. The van der Waals surface area contributed by atoms with Crippen LogP contribution < -0.4 is 0 Å². The van der Waals surface area contributed by atoms with Gasteiger partial charge >= 0.3 is 0 Å². The molecule has 0 bridgehead atoms. The van der Waals surface area contributed by atoms with Crippen molar-refractivity contribution in [2.75, 3.05) is 13.7 Å². The van der Waals surface area contributed by atoms with Gasteiger partial charge in [0.15, 0.2) is 0 Å². The van der Waals surface area contributed by atoms with Crippen molar-refractivity contribution in [1.82, 2.24) is 4.98 Å². The smallest absolute Gasteiger partial charge is 0.0838 e. The number of benzene rings is 1. The lowest BCUT2D eigenvalue weighted by Gasteiger charge is -2.18. The Morgan fingerprint density at radius 3 is 2.94 bits per heavy atom. The maximum Gasteiger partial charge on any atom is 0.0838 e. The van der Waals surface area contributed by atoms with Crippen molar-refractivity contribution in [2.45, 2.75) is 13.0 Å². The van der Waals surface area contributed by atoms with Crippen molar-refractivity contribution in [3.63, 3.8) is 0 Å². The van der Waals surface area contributed by atoms with E-state index in [2.05, 4.69) is 4.98 Å². The molecule has 0 aliphatic heterocycles. The quantitative estimate of drug-likeness (QED) is 0.879. The van der Waals surface area contributed by atoms with Gasteiger partial charge in [0.2, 0.25) is 0 Å². The average Bonchev–Trinajstić information content (AvgIpc) is 2.37. The molecule has 3 nitrogen and oxygen atoms in total. The van der Waals surface area contributed by atoms with E-state index in [1.807, 2.05) is 37.3 Å². The monoisotopic (exact) mass is 231 g/mol. The summed E-state index contributed by atoms with van der Waals surface area (Å²) >= 11 is 0. The van der Waals surface area contributed by atoms with Gasteiger partial charge in [0.1, 0.15) is 0 Å². The topological polar surface area (TPSA) is 42.4 Å². The van der Waals surface area contributed by atoms with Crippen LogP contribution in [0, 0.1) is 5.92 Å². The molecule has 1 aromatic heterocycles. The molecule has 0 aliphatic carbocycles. The average molecular weight is 231 g/mol. The molecule has 0 saturated heterocycles. The first kappa shape index (κ1) is 12.0. The van der Waals surface area contributed by atoms with Gasteiger partial charge < -0.3 is 9.84 Å². The van der Waals surface area contributed by atoms with Crippen LogP contribution in [0.1, 0.15) is 18.6 Å². The van der Waals surface area contributed by atoms with Gasteiger partial charge in [-0.25, -0.2) is 0 Å². The van der Waals surface area contributed by atoms with Crippen molar-refractivity contribution < 1.29 is 9.84 Å². The number of aliphatic hydroxyl groups excluding tert-OH is 1. The summed E-state index contributed by atoms with van der Waals surface area (Å²) in [5, 5.41) is 11.3. The standard InChI is InChI=1S/C14H17NO2/c1-10(9-17-2)14(16)12-6-5-11-4-3-7-15-13(11)8-12/h3-8,10,14,16H,9H2,1-2H3. The minimum Gasteiger partial charge on any atom is -0.388 e. The summed E-state index contributed by atoms with van der Waals surface area (Å²) in [6, 6.07) is 9.79. The van der Waals surface area contributed by atoms with Crippen LogP contribution in [-0.2, 0) is 4.74 Å². The van der Waals surface area contributed by atoms with Crippen LogP contribution in [0.25, 0.3) is 10.9 Å². The number of aliphatic hydroxyl groups is 1. The van der Waals surface area contributed by atoms with E-state index in [9.17, 15) is 5.11 Å². The number of rotatable bonds is 4. The Bertz CT molecular complexity index is 498. The maximum absolute atomic E-state index is 10.2. The minimum absolute atomic E-state index is 0.0705. The van der Waals surface area contributed by atoms with Crippen molar-refractivity contribution in [3.05, 3.63) is 42.1 Å². The molecule has 1 heterocycles. The molecule has 0 radical (unpaired) electrons. The molecule has 1 N–H and O–H groups in total. The molecule has 0 spiro atoms. The Morgan fingerprint density at radius 1 is 1.35 bits per heavy atom. The number of nitrogens with zero attached hydrogens (tertiary/aromatic N) is 1. The molecule has 1 aromatic carbocycles. The fourth-order valence-electron chi connectivity index (χ4n) is 1.95. The Labute approximate surface area is 101 Å². The normalized spacial score (nSPS) is 14.8. The summed E-state index contributed by atoms with van der Waals surface area (Å²) in [6.07, 6.45) is 1.25. The molecule has 0 fully saturated rings. The second-order valence-corrected chi connectivity index (χ2v) is 4.33. The fourth-order valence-corrected chi connectivity index (χ4v) is 1.95. The second-order valence-electron chi connectivity index (χ2n) is 4.33. The molecule has 0 amide bonds. The van der Waals surface area contributed by atoms with Crippen LogP contribution in [0.15, 0.2) is 36.5 Å². The van der Waals surface area contributed by atoms with Crippen molar-refractivity contribution in [3.8, 4) is 0 Å². The predicted molar refractivity (Wildman–Crippen MR) is 67.7 cm³/mol. The molecule has 3 heteroatoms. The first-order valence-electron chi connectivity index (χ1n) is 5.74. The molecule has 0 aliphatic rings. The number of hydrogen-bond acceptors (Lipinski definition) is 3. The van der Waals surface area contributed by atoms with Crippen LogP contribution in [0.5, 0.6) is 0 Å². The van der Waals surface area contributed by atoms with Crippen molar-refractivity contribution >= 4 is 10.9 Å². The zero-order chi connectivity index (χ0) is 12.3. The lowest BCUT2D eigenvalue weighted by molar-refractivity contribution is 0.0567. The molecular formula is C14H17NO2. The number of ether oxygens (including phenoxy) is 1. The summed E-state index contributed by atoms with van der Waals surface area (Å²) in [4.78, 5) is 4.29. The Kier molecular flexibility index (Phi) is 3.71. The zero-order valence-electron chi connectivity index (χ0n) is 10.1. The van der Waals surface area contributed by atoms with E-state index in [0.717, 1.165) is 16.5 Å². The predicted octanol–water partition coefficient (Wildman–Crippen LogP) is 2.55. The third kappa shape index (κ3) is 2.62. The Balaban J connectivity index is 2.29. The molecule has 90 valence electrons. The van der Waals surface area contributed by atoms with Gasteiger partial charge in [-0.3, -0.25) is 4.98 Å². The van der Waals surface area contributed by atoms with Gasteiger partial charge in [-0.1, -0.05) is 25.1 Å². The van der Waals surface area contributed by atoms with Gasteiger partial charge in [0.25, 0.3) is 0 Å². The van der Waals surface area contributed by atoms with Crippen molar-refractivity contribution in [1.29, 1.82) is 0 Å². The van der Waals surface area contributed by atoms with Gasteiger partial charge in [0.05, 0.1) is 18.2 Å². The number of hydrogen-bond donors (Lipinski definition) is 1. The molecule has 17 heavy (non-hydrogen) atoms. The summed E-state index contributed by atoms with van der Waals surface area (Å²) in [6.45, 7) is 2.51. The van der Waals surface area contributed by atoms with Gasteiger partial charge in [-0.15, -0.1) is 0 Å². The highest BCUT2D eigenvalue weighted by Gasteiger charge is 2.16. The summed E-state index contributed by atoms with van der Waals surface area (Å²) in [5.41, 5.74) is 1.80. The van der Waals surface area contributed by atoms with E-state index in [0.29, 0.717) is 6.61 Å². The summed E-state index contributed by atoms with van der Waals surface area (Å²) in [7, 11) is 1.64. The number of methoxy groups -OCH3 is 1. The van der Waals surface area contributed by atoms with Gasteiger partial charge in [-0.05, 0) is 17.7 Å². The second kappa shape index (κ2) is 5.25. The molecule has 2 aromatic rings. The van der Waals surface area contributed by atoms with Crippen LogP contribution in [0.3, 0.4) is 0 Å². The van der Waals surface area contributed by atoms with Gasteiger partial charge in [-0.2, -0.15) is 0 Å². The van der Waals surface area contributed by atoms with E-state index < -0.39 is 6.10 Å². The van der Waals surface area contributed by atoms with E-state index >= 15 is 0 Å². The SMILES string of the molecule is COCC(C)C(O)c1ccc2cccnc2c1. The molecule has 2 rings (SSSR count). The molecule has 0 saturated carbocycles. The highest BCUT2D eigenvalue weighted by molar-refractivity contribution is 5.78. The fraction of sp³-hybridized carbons (Fsp3) is 0.357. The maximum atomic E-state index is 10.2. The molecular weight excluding hydrogens is 214 g/mol. The molecule has 2 atom stereocenters. The van der Waals surface area contributed by atoms with Crippen LogP contribution in [-0.4, -0.2) is 23.8 Å². The first-order chi connectivity index (χ1) is 8.22. The Morgan fingerprint density at radius 2 is 2.18 bits per heavy atom. The number of aromatic nitrogens is 1. The van der Waals surface area contributed by atoms with Crippen LogP contribution in [0.2, 0.25) is 0 Å². The highest BCUT2D eigenvalue weighted by Crippen LogP contribution is 2.24. The van der Waals surface area contributed by atoms with Crippen molar-refractivity contribution in [2.24, 2.45) is 5.92 Å². The van der Waals surface area contributed by atoms with E-state index in [1.165, 1.54) is 0 Å². The minimum atomic E-state index is -0.513. The van der Waals surface area contributed by atoms with E-state index in [4.69, 9.17) is 4.74 Å². The van der Waals surface area contributed by atoms with Crippen LogP contribution >= 0.6 is 0 Å². The number of pyridine rings is 1. The lowest BCUT2D eigenvalue weighted by Crippen LogP contribution is -2.14.